The van der Waals surface area contributed by atoms with Crippen molar-refractivity contribution in [1.29, 1.82) is 0 Å². The zero-order valence-corrected chi connectivity index (χ0v) is 20.2. The van der Waals surface area contributed by atoms with E-state index in [1.165, 1.54) is 0 Å². The number of ketones is 2. The molecule has 9 nitrogen and oxygen atoms in total. The van der Waals surface area contributed by atoms with Gasteiger partial charge in [0.1, 0.15) is 22.8 Å². The molecule has 4 rings (SSSR count). The molecule has 0 saturated heterocycles. The highest BCUT2D eigenvalue weighted by Crippen LogP contribution is 2.56. The van der Waals surface area contributed by atoms with Crippen LogP contribution >= 0.6 is 45.2 Å². The Morgan fingerprint density at radius 1 is 1.19 bits per heavy atom. The number of hydrogen-bond donors (Lipinski definition) is 6. The summed E-state index contributed by atoms with van der Waals surface area (Å²) in [5.74, 6) is -8.55. The summed E-state index contributed by atoms with van der Waals surface area (Å²) < 4.78 is 1.10. The number of nitrogens with two attached hydrogens (primary N) is 1. The summed E-state index contributed by atoms with van der Waals surface area (Å²) in [6, 6.07) is 1.69. The fourth-order valence-corrected chi connectivity index (χ4v) is 7.31. The summed E-state index contributed by atoms with van der Waals surface area (Å²) in [4.78, 5) is 37.5. The van der Waals surface area contributed by atoms with Gasteiger partial charge in [0.25, 0.3) is 5.91 Å². The van der Waals surface area contributed by atoms with Crippen LogP contribution in [0.1, 0.15) is 30.4 Å². The number of carbonyl (C=O) groups excluding carboxylic acids is 3. The van der Waals surface area contributed by atoms with Crippen LogP contribution in [0.2, 0.25) is 0 Å². The van der Waals surface area contributed by atoms with Gasteiger partial charge in [0.2, 0.25) is 5.78 Å². The van der Waals surface area contributed by atoms with Gasteiger partial charge >= 0.3 is 0 Å². The van der Waals surface area contributed by atoms with Crippen molar-refractivity contribution in [3.8, 4) is 5.75 Å². The van der Waals surface area contributed by atoms with Crippen molar-refractivity contribution in [2.24, 2.45) is 17.6 Å². The number of phenols is 1. The maximum atomic E-state index is 13.5. The smallest absolute Gasteiger partial charge is 0.255 e. The predicted octanol–water partition coefficient (Wildman–Crippen LogP) is 1.16. The molecule has 3 aliphatic rings. The van der Waals surface area contributed by atoms with Crippen LogP contribution in [0.3, 0.4) is 0 Å². The van der Waals surface area contributed by atoms with E-state index < -0.39 is 70.4 Å². The Hall–Kier alpha value is -1.71. The van der Waals surface area contributed by atoms with Crippen molar-refractivity contribution < 1.29 is 39.9 Å². The minimum Gasteiger partial charge on any atom is -0.508 e. The summed E-state index contributed by atoms with van der Waals surface area (Å²) in [5.41, 5.74) is 1.55. The van der Waals surface area contributed by atoms with Crippen LogP contribution in [0.5, 0.6) is 5.75 Å². The van der Waals surface area contributed by atoms with Gasteiger partial charge in [0, 0.05) is 27.4 Å². The van der Waals surface area contributed by atoms with Crippen LogP contribution in [0.25, 0.3) is 5.76 Å². The van der Waals surface area contributed by atoms with Crippen LogP contribution in [-0.2, 0) is 14.4 Å². The number of benzene rings is 1. The molecule has 0 unspecified atom stereocenters. The number of aromatic hydroxyl groups is 1. The van der Waals surface area contributed by atoms with Gasteiger partial charge in [-0.15, -0.1) is 0 Å². The Balaban J connectivity index is 2.05. The van der Waals surface area contributed by atoms with Crippen LogP contribution in [0.15, 0.2) is 23.0 Å². The third kappa shape index (κ3) is 2.75. The molecular formula is C20H17I2NO8. The van der Waals surface area contributed by atoms with Gasteiger partial charge in [0.05, 0.1) is 15.2 Å². The second-order valence-corrected chi connectivity index (χ2v) is 10.3. The lowest BCUT2D eigenvalue weighted by atomic mass is 9.55. The van der Waals surface area contributed by atoms with E-state index in [9.17, 15) is 39.9 Å². The standard InChI is InChI=1S/C20H17I2NO8/c1-4-9-6(21)3-7(22)15(26)12(9)16(27)13-10(4)14(25)5-2-8(24)11(19(23)30)17(28)20(5,31)18(13)29/h3-5,10,14,25-28,31H,2H2,1H3,(H2,23,30)/t4-,5+,10+,14+,20+/m0/s1. The Bertz CT molecular complexity index is 1160. The predicted molar refractivity (Wildman–Crippen MR) is 123 cm³/mol. The summed E-state index contributed by atoms with van der Waals surface area (Å²) >= 11 is 3.89. The summed E-state index contributed by atoms with van der Waals surface area (Å²) in [6.07, 6.45) is -2.12. The number of primary amides is 1. The average Bonchev–Trinajstić information content (AvgIpc) is 2.67. The van der Waals surface area contributed by atoms with Crippen LogP contribution in [0, 0.1) is 19.0 Å². The highest BCUT2D eigenvalue weighted by atomic mass is 127. The molecule has 0 aliphatic heterocycles. The summed E-state index contributed by atoms with van der Waals surface area (Å²) in [7, 11) is 0. The van der Waals surface area contributed by atoms with Crippen molar-refractivity contribution >= 4 is 68.4 Å². The first kappa shape index (κ1) is 22.5. The molecule has 0 radical (unpaired) electrons. The molecule has 0 spiro atoms. The molecule has 0 heterocycles. The van der Waals surface area contributed by atoms with E-state index in [-0.39, 0.29) is 16.9 Å². The Morgan fingerprint density at radius 3 is 2.39 bits per heavy atom. The van der Waals surface area contributed by atoms with Crippen LogP contribution in [0.4, 0.5) is 0 Å². The highest BCUT2D eigenvalue weighted by molar-refractivity contribution is 14.1. The Morgan fingerprint density at radius 2 is 1.81 bits per heavy atom. The monoisotopic (exact) mass is 653 g/mol. The first-order valence-electron chi connectivity index (χ1n) is 9.21. The molecule has 1 fully saturated rings. The Labute approximate surface area is 202 Å². The van der Waals surface area contributed by atoms with Gasteiger partial charge in [-0.25, -0.2) is 0 Å². The van der Waals surface area contributed by atoms with Gasteiger partial charge in [-0.05, 0) is 62.7 Å². The van der Waals surface area contributed by atoms with Gasteiger partial charge in [-0.2, -0.15) is 0 Å². The second-order valence-electron chi connectivity index (χ2n) is 7.96. The minimum atomic E-state index is -2.82. The topological polar surface area (TPSA) is 178 Å². The molecular weight excluding hydrogens is 636 g/mol. The van der Waals surface area contributed by atoms with Gasteiger partial charge in [0.15, 0.2) is 11.4 Å². The molecule has 7 N–H and O–H groups in total. The lowest BCUT2D eigenvalue weighted by Crippen LogP contribution is -2.64. The largest absolute Gasteiger partial charge is 0.508 e. The van der Waals surface area contributed by atoms with E-state index >= 15 is 0 Å². The van der Waals surface area contributed by atoms with Gasteiger partial charge < -0.3 is 31.3 Å². The summed E-state index contributed by atoms with van der Waals surface area (Å²) in [5, 5.41) is 54.5. The van der Waals surface area contributed by atoms with Gasteiger partial charge in [-0.1, -0.05) is 6.92 Å². The molecule has 31 heavy (non-hydrogen) atoms. The summed E-state index contributed by atoms with van der Waals surface area (Å²) in [6.45, 7) is 1.69. The number of rotatable bonds is 1. The lowest BCUT2D eigenvalue weighted by Gasteiger charge is -2.50. The number of hydrogen-bond acceptors (Lipinski definition) is 8. The quantitative estimate of drug-likeness (QED) is 0.193. The van der Waals surface area contributed by atoms with E-state index in [1.807, 2.05) is 45.2 Å². The molecule has 11 heteroatoms. The Kier molecular flexibility index (Phi) is 5.18. The molecule has 1 amide bonds. The first-order chi connectivity index (χ1) is 14.3. The first-order valence-corrected chi connectivity index (χ1v) is 11.4. The SMILES string of the molecule is C[C@H]1c2c(I)cc(I)c(O)c2C(O)=C2C(=O)[C@]3(O)C(O)=C(C(N)=O)C(=O)C[C@@H]3[C@@H](O)[C@@H]21. The molecule has 164 valence electrons. The van der Waals surface area contributed by atoms with Crippen molar-refractivity contribution in [1.82, 2.24) is 0 Å². The number of Topliss-reactive ketones (excluding diaryl/α,β-unsaturated/α-hetero) is 2. The minimum absolute atomic E-state index is 0.00290. The third-order valence-electron chi connectivity index (χ3n) is 6.50. The van der Waals surface area contributed by atoms with Crippen molar-refractivity contribution in [2.45, 2.75) is 31.0 Å². The van der Waals surface area contributed by atoms with E-state index in [4.69, 9.17) is 5.73 Å². The normalized spacial score (nSPS) is 32.5. The highest BCUT2D eigenvalue weighted by Gasteiger charge is 2.65. The number of amides is 1. The number of halogens is 2. The maximum absolute atomic E-state index is 13.5. The maximum Gasteiger partial charge on any atom is 0.255 e. The molecule has 0 aromatic heterocycles. The van der Waals surface area contributed by atoms with E-state index in [2.05, 4.69) is 0 Å². The van der Waals surface area contributed by atoms with Crippen molar-refractivity contribution in [3.05, 3.63) is 41.2 Å². The number of fused-ring (bicyclic) bond motifs is 3. The third-order valence-corrected chi connectivity index (χ3v) is 8.21. The zero-order valence-electron chi connectivity index (χ0n) is 15.9. The lowest BCUT2D eigenvalue weighted by molar-refractivity contribution is -0.160. The molecule has 5 atom stereocenters. The van der Waals surface area contributed by atoms with Crippen molar-refractivity contribution in [2.75, 3.05) is 0 Å². The molecule has 3 aliphatic carbocycles. The number of aliphatic hydroxyl groups excluding tert-OH is 3. The van der Waals surface area contributed by atoms with Crippen LogP contribution < -0.4 is 5.73 Å². The average molecular weight is 653 g/mol. The molecule has 0 bridgehead atoms. The second kappa shape index (κ2) is 7.15. The zero-order chi connectivity index (χ0) is 23.2. The fourth-order valence-electron chi connectivity index (χ4n) is 5.06. The number of phenolic OH excluding ortho intramolecular Hbond substituents is 1. The molecule has 1 saturated carbocycles. The molecule has 1 aromatic carbocycles. The number of carbonyl (C=O) groups is 3. The van der Waals surface area contributed by atoms with E-state index in [1.54, 1.807) is 13.0 Å². The van der Waals surface area contributed by atoms with E-state index in [0.717, 1.165) is 0 Å². The number of aliphatic hydroxyl groups is 4. The molecule has 1 aromatic rings. The van der Waals surface area contributed by atoms with E-state index in [0.29, 0.717) is 12.7 Å². The van der Waals surface area contributed by atoms with Crippen molar-refractivity contribution in [3.63, 3.8) is 0 Å². The van der Waals surface area contributed by atoms with Gasteiger partial charge in [-0.3, -0.25) is 14.4 Å². The van der Waals surface area contributed by atoms with Crippen LogP contribution in [-0.4, -0.2) is 54.7 Å². The fraction of sp³-hybridized carbons (Fsp3) is 0.350.